The highest BCUT2D eigenvalue weighted by Crippen LogP contribution is 2.33. The van der Waals surface area contributed by atoms with Gasteiger partial charge in [0.25, 0.3) is 0 Å². The molecule has 2 aromatic rings. The van der Waals surface area contributed by atoms with Gasteiger partial charge in [-0.05, 0) is 28.5 Å². The van der Waals surface area contributed by atoms with Crippen molar-refractivity contribution in [2.75, 3.05) is 26.0 Å². The fraction of sp³-hybridized carbons (Fsp3) is 0.533. The molecule has 0 amide bonds. The Kier molecular flexibility index (Phi) is 7.61. The number of tetrazole rings is 1. The summed E-state index contributed by atoms with van der Waals surface area (Å²) in [7, 11) is 3.45. The first-order valence-electron chi connectivity index (χ1n) is 7.70. The van der Waals surface area contributed by atoms with Crippen LogP contribution in [0.5, 0.6) is 11.5 Å². The van der Waals surface area contributed by atoms with Crippen LogP contribution < -0.4 is 14.8 Å². The minimum Gasteiger partial charge on any atom is -0.493 e. The van der Waals surface area contributed by atoms with Gasteiger partial charge in [-0.1, -0.05) is 30.3 Å². The standard InChI is InChI=1S/C15H22ClN5O2S/c1-4-6-23-14-9-12(16)11(8-13(14)22-3)10-17-5-7-24-15-18-19-20-21(15)2/h8-9,17H,4-7,10H2,1-3H3. The average molecular weight is 372 g/mol. The number of hydrogen-bond acceptors (Lipinski definition) is 7. The van der Waals surface area contributed by atoms with E-state index in [1.54, 1.807) is 23.6 Å². The van der Waals surface area contributed by atoms with Crippen molar-refractivity contribution in [3.63, 3.8) is 0 Å². The van der Waals surface area contributed by atoms with Gasteiger partial charge in [0, 0.05) is 37.0 Å². The molecule has 0 spiro atoms. The molecule has 7 nitrogen and oxygen atoms in total. The summed E-state index contributed by atoms with van der Waals surface area (Å²) in [5.41, 5.74) is 0.975. The van der Waals surface area contributed by atoms with E-state index in [4.69, 9.17) is 21.1 Å². The molecule has 9 heteroatoms. The number of aryl methyl sites for hydroxylation is 1. The molecule has 0 aliphatic carbocycles. The fourth-order valence-corrected chi connectivity index (χ4v) is 2.95. The van der Waals surface area contributed by atoms with Gasteiger partial charge in [-0.15, -0.1) is 5.10 Å². The number of halogens is 1. The Morgan fingerprint density at radius 2 is 2.17 bits per heavy atom. The third-order valence-electron chi connectivity index (χ3n) is 3.20. The number of nitrogens with zero attached hydrogens (tertiary/aromatic N) is 4. The molecule has 0 atom stereocenters. The van der Waals surface area contributed by atoms with Crippen LogP contribution in [0.25, 0.3) is 0 Å². The molecule has 0 saturated carbocycles. The van der Waals surface area contributed by atoms with E-state index < -0.39 is 0 Å². The van der Waals surface area contributed by atoms with Crippen LogP contribution >= 0.6 is 23.4 Å². The van der Waals surface area contributed by atoms with Crippen molar-refractivity contribution in [1.29, 1.82) is 0 Å². The lowest BCUT2D eigenvalue weighted by atomic mass is 10.2. The van der Waals surface area contributed by atoms with Crippen molar-refractivity contribution in [3.8, 4) is 11.5 Å². The molecule has 0 unspecified atom stereocenters. The van der Waals surface area contributed by atoms with Crippen LogP contribution in [-0.4, -0.2) is 46.2 Å². The Hall–Kier alpha value is -1.51. The number of rotatable bonds is 10. The molecule has 0 fully saturated rings. The molecule has 0 aliphatic heterocycles. The predicted molar refractivity (Wildman–Crippen MR) is 95.0 cm³/mol. The van der Waals surface area contributed by atoms with Gasteiger partial charge in [-0.25, -0.2) is 4.68 Å². The first-order valence-corrected chi connectivity index (χ1v) is 9.07. The fourth-order valence-electron chi connectivity index (χ4n) is 1.98. The molecule has 24 heavy (non-hydrogen) atoms. The van der Waals surface area contributed by atoms with Crippen molar-refractivity contribution in [2.24, 2.45) is 7.05 Å². The highest BCUT2D eigenvalue weighted by molar-refractivity contribution is 7.99. The van der Waals surface area contributed by atoms with Gasteiger partial charge in [-0.2, -0.15) is 0 Å². The molecule has 1 aromatic heterocycles. The third-order valence-corrected chi connectivity index (χ3v) is 4.57. The second-order valence-corrected chi connectivity index (χ2v) is 6.52. The smallest absolute Gasteiger partial charge is 0.209 e. The predicted octanol–water partition coefficient (Wildman–Crippen LogP) is 2.54. The van der Waals surface area contributed by atoms with E-state index in [0.717, 1.165) is 29.4 Å². The number of ether oxygens (including phenoxy) is 2. The maximum Gasteiger partial charge on any atom is 0.209 e. The van der Waals surface area contributed by atoms with Gasteiger partial charge in [0.2, 0.25) is 5.16 Å². The summed E-state index contributed by atoms with van der Waals surface area (Å²) in [6, 6.07) is 3.73. The molecule has 2 rings (SSSR count). The van der Waals surface area contributed by atoms with E-state index in [1.165, 1.54) is 0 Å². The monoisotopic (exact) mass is 371 g/mol. The third kappa shape index (κ3) is 5.25. The molecule has 1 N–H and O–H groups in total. The Labute approximate surface area is 151 Å². The molecule has 0 bridgehead atoms. The number of methoxy groups -OCH3 is 1. The van der Waals surface area contributed by atoms with Crippen LogP contribution in [-0.2, 0) is 13.6 Å². The second kappa shape index (κ2) is 9.71. The molecule has 132 valence electrons. The highest BCUT2D eigenvalue weighted by Gasteiger charge is 2.10. The van der Waals surface area contributed by atoms with Crippen LogP contribution in [0, 0.1) is 0 Å². The van der Waals surface area contributed by atoms with Gasteiger partial charge in [0.15, 0.2) is 11.5 Å². The zero-order valence-electron chi connectivity index (χ0n) is 14.1. The summed E-state index contributed by atoms with van der Waals surface area (Å²) < 4.78 is 12.7. The molecule has 1 heterocycles. The number of nitrogens with one attached hydrogen (secondary N) is 1. The summed E-state index contributed by atoms with van der Waals surface area (Å²) in [6.07, 6.45) is 0.933. The Morgan fingerprint density at radius 3 is 2.83 bits per heavy atom. The molecule has 0 aliphatic rings. The van der Waals surface area contributed by atoms with Gasteiger partial charge < -0.3 is 14.8 Å². The maximum absolute atomic E-state index is 6.34. The first kappa shape index (κ1) is 18.8. The first-order chi connectivity index (χ1) is 11.7. The maximum atomic E-state index is 6.34. The van der Waals surface area contributed by atoms with E-state index >= 15 is 0 Å². The minimum absolute atomic E-state index is 0.637. The summed E-state index contributed by atoms with van der Waals surface area (Å²) in [4.78, 5) is 0. The average Bonchev–Trinajstić information content (AvgIpc) is 2.99. The van der Waals surface area contributed by atoms with E-state index in [0.29, 0.717) is 29.7 Å². The van der Waals surface area contributed by atoms with E-state index in [1.807, 2.05) is 19.2 Å². The lowest BCUT2D eigenvalue weighted by Crippen LogP contribution is -2.17. The summed E-state index contributed by atoms with van der Waals surface area (Å²) in [5.74, 6) is 2.24. The van der Waals surface area contributed by atoms with Crippen molar-refractivity contribution >= 4 is 23.4 Å². The normalized spacial score (nSPS) is 10.8. The Bertz CT molecular complexity index is 653. The van der Waals surface area contributed by atoms with Crippen molar-refractivity contribution in [1.82, 2.24) is 25.5 Å². The SMILES string of the molecule is CCCOc1cc(Cl)c(CNCCSc2nnnn2C)cc1OC. The van der Waals surface area contributed by atoms with E-state index in [9.17, 15) is 0 Å². The van der Waals surface area contributed by atoms with Gasteiger partial charge in [0.1, 0.15) is 0 Å². The zero-order valence-corrected chi connectivity index (χ0v) is 15.7. The highest BCUT2D eigenvalue weighted by atomic mass is 35.5. The lowest BCUT2D eigenvalue weighted by molar-refractivity contribution is 0.294. The second-order valence-electron chi connectivity index (χ2n) is 5.05. The van der Waals surface area contributed by atoms with Gasteiger partial charge in [0.05, 0.1) is 13.7 Å². The largest absolute Gasteiger partial charge is 0.493 e. The lowest BCUT2D eigenvalue weighted by Gasteiger charge is -2.14. The number of thioether (sulfide) groups is 1. The Balaban J connectivity index is 1.84. The molecule has 0 saturated heterocycles. The topological polar surface area (TPSA) is 74.1 Å². The van der Waals surface area contributed by atoms with E-state index in [-0.39, 0.29) is 0 Å². The zero-order chi connectivity index (χ0) is 17.4. The Morgan fingerprint density at radius 1 is 1.33 bits per heavy atom. The molecular formula is C15H22ClN5O2S. The van der Waals surface area contributed by atoms with Gasteiger partial charge in [-0.3, -0.25) is 0 Å². The van der Waals surface area contributed by atoms with Crippen LogP contribution in [0.2, 0.25) is 5.02 Å². The van der Waals surface area contributed by atoms with Crippen LogP contribution in [0.4, 0.5) is 0 Å². The summed E-state index contributed by atoms with van der Waals surface area (Å²) in [5, 5.41) is 16.2. The number of benzene rings is 1. The van der Waals surface area contributed by atoms with Crippen LogP contribution in [0.3, 0.4) is 0 Å². The van der Waals surface area contributed by atoms with Crippen LogP contribution in [0.15, 0.2) is 17.3 Å². The van der Waals surface area contributed by atoms with Gasteiger partial charge >= 0.3 is 0 Å². The van der Waals surface area contributed by atoms with Crippen molar-refractivity contribution in [2.45, 2.75) is 25.0 Å². The van der Waals surface area contributed by atoms with Crippen molar-refractivity contribution < 1.29 is 9.47 Å². The summed E-state index contributed by atoms with van der Waals surface area (Å²) >= 11 is 7.94. The van der Waals surface area contributed by atoms with Crippen LogP contribution in [0.1, 0.15) is 18.9 Å². The molecule has 1 aromatic carbocycles. The minimum atomic E-state index is 0.637. The van der Waals surface area contributed by atoms with Crippen molar-refractivity contribution in [3.05, 3.63) is 22.7 Å². The molecular weight excluding hydrogens is 350 g/mol. The quantitative estimate of drug-likeness (QED) is 0.508. The number of hydrogen-bond donors (Lipinski definition) is 1. The van der Waals surface area contributed by atoms with E-state index in [2.05, 4.69) is 27.8 Å². The summed E-state index contributed by atoms with van der Waals surface area (Å²) in [6.45, 7) is 4.16. The molecule has 0 radical (unpaired) electrons. The number of aromatic nitrogens is 4.